The van der Waals surface area contributed by atoms with Gasteiger partial charge in [-0.15, -0.1) is 0 Å². The van der Waals surface area contributed by atoms with Crippen LogP contribution < -0.4 is 10.2 Å². The van der Waals surface area contributed by atoms with Gasteiger partial charge in [-0.25, -0.2) is 13.1 Å². The fraction of sp³-hybridized carbons (Fsp3) is 0.577. The second-order valence-electron chi connectivity index (χ2n) is 11.0. The summed E-state index contributed by atoms with van der Waals surface area (Å²) < 4.78 is 70.4. The van der Waals surface area contributed by atoms with E-state index < -0.39 is 49.2 Å². The number of carbonyl (C=O) groups is 1. The second kappa shape index (κ2) is 8.73. The summed E-state index contributed by atoms with van der Waals surface area (Å²) in [5.74, 6) is 0.469. The van der Waals surface area contributed by atoms with Crippen molar-refractivity contribution in [3.63, 3.8) is 0 Å². The molecule has 8 nitrogen and oxygen atoms in total. The van der Waals surface area contributed by atoms with Crippen LogP contribution in [0.2, 0.25) is 0 Å². The molecule has 38 heavy (non-hydrogen) atoms. The van der Waals surface area contributed by atoms with Crippen LogP contribution in [0.25, 0.3) is 0 Å². The highest BCUT2D eigenvalue weighted by Crippen LogP contribution is 2.45. The molecule has 12 heteroatoms. The number of nitrogens with zero attached hydrogens (tertiary/aromatic N) is 4. The Morgan fingerprint density at radius 3 is 2.45 bits per heavy atom. The summed E-state index contributed by atoms with van der Waals surface area (Å²) >= 11 is 0. The minimum Gasteiger partial charge on any atom is -0.343 e. The average Bonchev–Trinajstić information content (AvgIpc) is 3.75. The first kappa shape index (κ1) is 25.2. The predicted molar refractivity (Wildman–Crippen MR) is 131 cm³/mol. The number of amides is 1. The van der Waals surface area contributed by atoms with Gasteiger partial charge >= 0.3 is 6.18 Å². The Labute approximate surface area is 218 Å². The number of sulfone groups is 1. The molecule has 3 saturated carbocycles. The first-order valence-electron chi connectivity index (χ1n) is 13.0. The van der Waals surface area contributed by atoms with Gasteiger partial charge in [0.15, 0.2) is 9.84 Å². The molecule has 0 radical (unpaired) electrons. The fourth-order valence-corrected chi connectivity index (χ4v) is 7.37. The first-order valence-corrected chi connectivity index (χ1v) is 14.6. The minimum atomic E-state index is -4.84. The van der Waals surface area contributed by atoms with Crippen LogP contribution in [0, 0.1) is 11.3 Å². The van der Waals surface area contributed by atoms with Gasteiger partial charge in [-0.1, -0.05) is 12.1 Å². The Morgan fingerprint density at radius 1 is 1.16 bits per heavy atom. The van der Waals surface area contributed by atoms with E-state index in [0.717, 1.165) is 56.0 Å². The quantitative estimate of drug-likeness (QED) is 0.559. The summed E-state index contributed by atoms with van der Waals surface area (Å²) in [6.07, 6.45) is 0.902. The Kier molecular flexibility index (Phi) is 5.79. The number of hydrogen-bond acceptors (Lipinski definition) is 6. The van der Waals surface area contributed by atoms with E-state index in [4.69, 9.17) is 5.10 Å². The van der Waals surface area contributed by atoms with E-state index in [1.54, 1.807) is 4.90 Å². The molecule has 3 aliphatic carbocycles. The lowest BCUT2D eigenvalue weighted by Crippen LogP contribution is -2.48. The molecule has 0 spiro atoms. The van der Waals surface area contributed by atoms with Crippen LogP contribution in [0.4, 0.5) is 19.0 Å². The molecule has 1 N–H and O–H groups in total. The van der Waals surface area contributed by atoms with E-state index in [2.05, 4.69) is 11.4 Å². The summed E-state index contributed by atoms with van der Waals surface area (Å²) in [6.45, 7) is -0.144. The molecule has 1 saturated heterocycles. The summed E-state index contributed by atoms with van der Waals surface area (Å²) in [7, 11) is -4.45. The number of nitrogens with one attached hydrogen (secondary N) is 1. The van der Waals surface area contributed by atoms with Crippen LogP contribution in [-0.4, -0.2) is 47.5 Å². The average molecular weight is 548 g/mol. The second-order valence-corrected chi connectivity index (χ2v) is 13.2. The van der Waals surface area contributed by atoms with Crippen molar-refractivity contribution < 1.29 is 26.4 Å². The molecule has 4 fully saturated rings. The van der Waals surface area contributed by atoms with Crippen LogP contribution in [0.5, 0.6) is 0 Å². The van der Waals surface area contributed by atoms with E-state index in [0.29, 0.717) is 24.6 Å². The van der Waals surface area contributed by atoms with E-state index in [1.165, 1.54) is 6.07 Å². The van der Waals surface area contributed by atoms with Crippen LogP contribution in [0.1, 0.15) is 74.6 Å². The molecule has 202 valence electrons. The highest BCUT2D eigenvalue weighted by Gasteiger charge is 2.51. The first-order chi connectivity index (χ1) is 18.0. The third-order valence-electron chi connectivity index (χ3n) is 8.28. The van der Waals surface area contributed by atoms with Crippen molar-refractivity contribution in [3.05, 3.63) is 41.6 Å². The van der Waals surface area contributed by atoms with Crippen molar-refractivity contribution in [3.8, 4) is 6.07 Å². The lowest BCUT2D eigenvalue weighted by molar-refractivity contribution is -0.139. The van der Waals surface area contributed by atoms with Crippen molar-refractivity contribution in [1.29, 1.82) is 5.26 Å². The van der Waals surface area contributed by atoms with Crippen molar-refractivity contribution in [1.82, 2.24) is 15.1 Å². The molecule has 0 unspecified atom stereocenters. The lowest BCUT2D eigenvalue weighted by Gasteiger charge is -2.32. The van der Waals surface area contributed by atoms with Crippen LogP contribution in [0.15, 0.2) is 35.2 Å². The van der Waals surface area contributed by atoms with Crippen molar-refractivity contribution in [2.75, 3.05) is 11.4 Å². The molecule has 6 rings (SSSR count). The molecule has 0 bridgehead atoms. The molecule has 2 aromatic rings. The molecular weight excluding hydrogens is 519 g/mol. The number of anilines is 1. The fourth-order valence-electron chi connectivity index (χ4n) is 5.46. The molecule has 2 atom stereocenters. The van der Waals surface area contributed by atoms with Gasteiger partial charge in [0.2, 0.25) is 5.91 Å². The summed E-state index contributed by atoms with van der Waals surface area (Å²) in [5.41, 5.74) is -1.28. The van der Waals surface area contributed by atoms with E-state index in [-0.39, 0.29) is 19.0 Å². The Balaban J connectivity index is 1.39. The van der Waals surface area contributed by atoms with Gasteiger partial charge in [0.1, 0.15) is 17.4 Å². The molecule has 4 aliphatic rings. The van der Waals surface area contributed by atoms with E-state index in [1.807, 2.05) is 10.7 Å². The minimum absolute atomic E-state index is 0.136. The van der Waals surface area contributed by atoms with Gasteiger partial charge < -0.3 is 10.2 Å². The molecular formula is C26H28F3N5O3S. The number of alkyl halides is 3. The van der Waals surface area contributed by atoms with E-state index >= 15 is 0 Å². The Morgan fingerprint density at radius 2 is 1.87 bits per heavy atom. The van der Waals surface area contributed by atoms with Crippen molar-refractivity contribution in [2.45, 2.75) is 91.2 Å². The number of aromatic nitrogens is 2. The zero-order chi connectivity index (χ0) is 26.9. The van der Waals surface area contributed by atoms with Gasteiger partial charge in [-0.05, 0) is 63.5 Å². The SMILES string of the molecule is N#CC1(NC(=O)[C@@H]2C[C@@H](S(=O)(=O)c3ccccc3C(F)(F)F)CN2c2cc(C3CC3)nn2C2CCC2)CC1. The number of nitriles is 1. The topological polar surface area (TPSA) is 108 Å². The Bertz CT molecular complexity index is 1420. The van der Waals surface area contributed by atoms with Gasteiger partial charge in [0, 0.05) is 18.5 Å². The molecule has 1 aliphatic heterocycles. The maximum absolute atomic E-state index is 13.7. The highest BCUT2D eigenvalue weighted by molar-refractivity contribution is 7.92. The third kappa shape index (κ3) is 4.34. The molecule has 1 aromatic heterocycles. The van der Waals surface area contributed by atoms with Gasteiger partial charge in [-0.2, -0.15) is 23.5 Å². The number of hydrogen-bond donors (Lipinski definition) is 1. The highest BCUT2D eigenvalue weighted by atomic mass is 32.2. The van der Waals surface area contributed by atoms with Crippen molar-refractivity contribution in [2.24, 2.45) is 0 Å². The van der Waals surface area contributed by atoms with Crippen LogP contribution in [0.3, 0.4) is 0 Å². The zero-order valence-electron chi connectivity index (χ0n) is 20.6. The lowest BCUT2D eigenvalue weighted by atomic mass is 9.93. The molecule has 2 heterocycles. The summed E-state index contributed by atoms with van der Waals surface area (Å²) in [6, 6.07) is 7.38. The smallest absolute Gasteiger partial charge is 0.343 e. The number of halogens is 3. The van der Waals surface area contributed by atoms with Crippen LogP contribution in [-0.2, 0) is 20.8 Å². The normalized spacial score (nSPS) is 25.1. The Hall–Kier alpha value is -3.07. The zero-order valence-corrected chi connectivity index (χ0v) is 21.4. The van der Waals surface area contributed by atoms with Gasteiger partial charge in [-0.3, -0.25) is 4.79 Å². The molecule has 1 amide bonds. The third-order valence-corrected chi connectivity index (χ3v) is 10.5. The maximum atomic E-state index is 13.7. The monoisotopic (exact) mass is 547 g/mol. The summed E-state index contributed by atoms with van der Waals surface area (Å²) in [5, 5.41) is 15.9. The number of carbonyl (C=O) groups excluding carboxylic acids is 1. The standard InChI is InChI=1S/C26H28F3N5O3S/c27-26(28,29)19-6-1-2-7-22(19)38(36,37)18-12-21(24(35)31-25(15-30)10-11-25)33(14-18)23-13-20(16-8-9-16)32-34(23)17-4-3-5-17/h1-2,6-7,13,16-18,21H,3-5,8-12,14H2,(H,31,35)/t18-,21+/m1/s1. The number of rotatable bonds is 7. The van der Waals surface area contributed by atoms with E-state index in [9.17, 15) is 31.6 Å². The van der Waals surface area contributed by atoms with Crippen LogP contribution >= 0.6 is 0 Å². The van der Waals surface area contributed by atoms with Gasteiger partial charge in [0.05, 0.1) is 33.5 Å². The largest absolute Gasteiger partial charge is 0.417 e. The maximum Gasteiger partial charge on any atom is 0.417 e. The summed E-state index contributed by atoms with van der Waals surface area (Å²) in [4.78, 5) is 14.4. The van der Waals surface area contributed by atoms with Gasteiger partial charge in [0.25, 0.3) is 0 Å². The predicted octanol–water partition coefficient (Wildman–Crippen LogP) is 4.10. The molecule has 1 aromatic carbocycles. The van der Waals surface area contributed by atoms with Crippen molar-refractivity contribution >= 4 is 21.6 Å². The number of benzene rings is 1.